The Balaban J connectivity index is 2.16. The molecule has 0 spiro atoms. The van der Waals surface area contributed by atoms with Crippen LogP contribution in [0.2, 0.25) is 0 Å². The van der Waals surface area contributed by atoms with Crippen LogP contribution in [0.15, 0.2) is 53.4 Å². The molecule has 2 rings (SSSR count). The van der Waals surface area contributed by atoms with Crippen molar-refractivity contribution in [2.45, 2.75) is 17.2 Å². The van der Waals surface area contributed by atoms with Gasteiger partial charge >= 0.3 is 0 Å². The zero-order valence-corrected chi connectivity index (χ0v) is 13.1. The first-order valence-electron chi connectivity index (χ1n) is 7.04. The fraction of sp³-hybridized carbons (Fsp3) is 0.250. The second-order valence-electron chi connectivity index (χ2n) is 5.05. The lowest BCUT2D eigenvalue weighted by Crippen LogP contribution is -2.29. The van der Waals surface area contributed by atoms with Crippen molar-refractivity contribution in [3.8, 4) is 0 Å². The SMILES string of the molecule is O=S(=O)(NCC(CCO)c1ccccc1)c1ccc(F)cc1F. The van der Waals surface area contributed by atoms with Gasteiger partial charge in [0, 0.05) is 19.2 Å². The van der Waals surface area contributed by atoms with Crippen LogP contribution in [0, 0.1) is 11.6 Å². The highest BCUT2D eigenvalue weighted by molar-refractivity contribution is 7.89. The van der Waals surface area contributed by atoms with Gasteiger partial charge < -0.3 is 5.11 Å². The quantitative estimate of drug-likeness (QED) is 0.813. The molecule has 2 aromatic rings. The normalized spacial score (nSPS) is 13.0. The van der Waals surface area contributed by atoms with Crippen molar-refractivity contribution in [1.29, 1.82) is 0 Å². The first-order valence-corrected chi connectivity index (χ1v) is 8.53. The van der Waals surface area contributed by atoms with Gasteiger partial charge in [0.25, 0.3) is 0 Å². The fourth-order valence-electron chi connectivity index (χ4n) is 2.25. The van der Waals surface area contributed by atoms with Crippen molar-refractivity contribution in [3.05, 3.63) is 65.7 Å². The molecule has 0 bridgehead atoms. The van der Waals surface area contributed by atoms with E-state index in [2.05, 4.69) is 4.72 Å². The van der Waals surface area contributed by atoms with E-state index in [0.717, 1.165) is 17.7 Å². The summed E-state index contributed by atoms with van der Waals surface area (Å²) in [5.41, 5.74) is 0.865. The summed E-state index contributed by atoms with van der Waals surface area (Å²) >= 11 is 0. The molecule has 23 heavy (non-hydrogen) atoms. The number of halogens is 2. The van der Waals surface area contributed by atoms with Gasteiger partial charge in [-0.05, 0) is 30.0 Å². The second kappa shape index (κ2) is 7.63. The molecule has 1 atom stereocenters. The topological polar surface area (TPSA) is 66.4 Å². The van der Waals surface area contributed by atoms with E-state index in [1.165, 1.54) is 0 Å². The van der Waals surface area contributed by atoms with Crippen LogP contribution in [-0.2, 0) is 10.0 Å². The van der Waals surface area contributed by atoms with E-state index in [9.17, 15) is 17.2 Å². The number of hydrogen-bond acceptors (Lipinski definition) is 3. The van der Waals surface area contributed by atoms with Crippen LogP contribution in [0.4, 0.5) is 8.78 Å². The van der Waals surface area contributed by atoms with Gasteiger partial charge in [-0.1, -0.05) is 30.3 Å². The first-order chi connectivity index (χ1) is 10.9. The maximum Gasteiger partial charge on any atom is 0.243 e. The van der Waals surface area contributed by atoms with Crippen LogP contribution in [0.25, 0.3) is 0 Å². The molecule has 0 fully saturated rings. The summed E-state index contributed by atoms with van der Waals surface area (Å²) in [6.07, 6.45) is 0.360. The lowest BCUT2D eigenvalue weighted by molar-refractivity contribution is 0.275. The Bertz CT molecular complexity index is 751. The van der Waals surface area contributed by atoms with Crippen molar-refractivity contribution in [2.24, 2.45) is 0 Å². The Labute approximate surface area is 133 Å². The summed E-state index contributed by atoms with van der Waals surface area (Å²) in [6, 6.07) is 11.4. The molecular formula is C16H17F2NO3S. The zero-order chi connectivity index (χ0) is 16.9. The molecule has 2 aromatic carbocycles. The molecule has 124 valence electrons. The maximum absolute atomic E-state index is 13.6. The predicted molar refractivity (Wildman–Crippen MR) is 82.4 cm³/mol. The van der Waals surface area contributed by atoms with E-state index in [1.54, 1.807) is 0 Å². The molecular weight excluding hydrogens is 324 g/mol. The summed E-state index contributed by atoms with van der Waals surface area (Å²) in [7, 11) is -4.10. The minimum atomic E-state index is -4.10. The van der Waals surface area contributed by atoms with Crippen molar-refractivity contribution in [1.82, 2.24) is 4.72 Å². The molecule has 4 nitrogen and oxygen atoms in total. The Kier molecular flexibility index (Phi) is 5.81. The minimum Gasteiger partial charge on any atom is -0.396 e. The largest absolute Gasteiger partial charge is 0.396 e. The van der Waals surface area contributed by atoms with Crippen LogP contribution < -0.4 is 4.72 Å². The highest BCUT2D eigenvalue weighted by Crippen LogP contribution is 2.20. The Morgan fingerprint density at radius 1 is 1.09 bits per heavy atom. The maximum atomic E-state index is 13.6. The average Bonchev–Trinajstić information content (AvgIpc) is 2.52. The second-order valence-corrected chi connectivity index (χ2v) is 6.78. The van der Waals surface area contributed by atoms with Gasteiger partial charge in [0.15, 0.2) is 0 Å². The van der Waals surface area contributed by atoms with Gasteiger partial charge in [0.1, 0.15) is 16.5 Å². The number of nitrogens with one attached hydrogen (secondary N) is 1. The van der Waals surface area contributed by atoms with Gasteiger partial charge in [-0.3, -0.25) is 0 Å². The summed E-state index contributed by atoms with van der Waals surface area (Å²) in [5.74, 6) is -2.24. The Morgan fingerprint density at radius 3 is 2.39 bits per heavy atom. The summed E-state index contributed by atoms with van der Waals surface area (Å²) < 4.78 is 53.2. The van der Waals surface area contributed by atoms with Crippen LogP contribution >= 0.6 is 0 Å². The van der Waals surface area contributed by atoms with Crippen molar-refractivity contribution in [3.63, 3.8) is 0 Å². The van der Waals surface area contributed by atoms with E-state index in [4.69, 9.17) is 5.11 Å². The number of aliphatic hydroxyl groups excluding tert-OH is 1. The molecule has 0 heterocycles. The van der Waals surface area contributed by atoms with Crippen LogP contribution in [0.1, 0.15) is 17.9 Å². The van der Waals surface area contributed by atoms with E-state index < -0.39 is 26.6 Å². The predicted octanol–water partition coefficient (Wildman–Crippen LogP) is 2.41. The van der Waals surface area contributed by atoms with Crippen molar-refractivity contribution < 1.29 is 22.3 Å². The van der Waals surface area contributed by atoms with Gasteiger partial charge in [-0.25, -0.2) is 21.9 Å². The molecule has 0 radical (unpaired) electrons. The van der Waals surface area contributed by atoms with Gasteiger partial charge in [0.2, 0.25) is 10.0 Å². The molecule has 0 amide bonds. The van der Waals surface area contributed by atoms with Gasteiger partial charge in [0.05, 0.1) is 0 Å². The number of aliphatic hydroxyl groups is 1. The number of rotatable bonds is 7. The van der Waals surface area contributed by atoms with Gasteiger partial charge in [-0.15, -0.1) is 0 Å². The van der Waals surface area contributed by atoms with E-state index in [1.807, 2.05) is 30.3 Å². The molecule has 7 heteroatoms. The third kappa shape index (κ3) is 4.57. The molecule has 0 saturated heterocycles. The molecule has 2 N–H and O–H groups in total. The average molecular weight is 341 g/mol. The van der Waals surface area contributed by atoms with Crippen molar-refractivity contribution >= 4 is 10.0 Å². The van der Waals surface area contributed by atoms with E-state index in [-0.39, 0.29) is 19.1 Å². The fourth-order valence-corrected chi connectivity index (χ4v) is 3.39. The number of hydrogen-bond donors (Lipinski definition) is 2. The number of sulfonamides is 1. The first kappa shape index (κ1) is 17.5. The minimum absolute atomic E-state index is 0.00369. The lowest BCUT2D eigenvalue weighted by Gasteiger charge is -2.17. The Hall–Kier alpha value is -1.83. The third-order valence-corrected chi connectivity index (χ3v) is 4.91. The molecule has 0 aliphatic carbocycles. The van der Waals surface area contributed by atoms with Crippen molar-refractivity contribution in [2.75, 3.05) is 13.2 Å². The van der Waals surface area contributed by atoms with Crippen LogP contribution in [0.3, 0.4) is 0 Å². The molecule has 0 aliphatic heterocycles. The van der Waals surface area contributed by atoms with Gasteiger partial charge in [-0.2, -0.15) is 0 Å². The highest BCUT2D eigenvalue weighted by Gasteiger charge is 2.21. The monoisotopic (exact) mass is 341 g/mol. The van der Waals surface area contributed by atoms with Crippen LogP contribution in [0.5, 0.6) is 0 Å². The lowest BCUT2D eigenvalue weighted by atomic mass is 9.96. The standard InChI is InChI=1S/C16H17F2NO3S/c17-14-6-7-16(15(18)10-14)23(21,22)19-11-13(8-9-20)12-4-2-1-3-5-12/h1-7,10,13,19-20H,8-9,11H2. The summed E-state index contributed by atoms with van der Waals surface area (Å²) in [4.78, 5) is -0.602. The highest BCUT2D eigenvalue weighted by atomic mass is 32.2. The Morgan fingerprint density at radius 2 is 1.78 bits per heavy atom. The molecule has 0 aromatic heterocycles. The van der Waals surface area contributed by atoms with E-state index >= 15 is 0 Å². The smallest absolute Gasteiger partial charge is 0.243 e. The molecule has 0 saturated carbocycles. The zero-order valence-electron chi connectivity index (χ0n) is 12.2. The molecule has 1 unspecified atom stereocenters. The summed E-state index contributed by atoms with van der Waals surface area (Å²) in [5, 5.41) is 9.14. The third-order valence-electron chi connectivity index (χ3n) is 3.45. The van der Waals surface area contributed by atoms with Crippen LogP contribution in [-0.4, -0.2) is 26.7 Å². The summed E-state index contributed by atoms with van der Waals surface area (Å²) in [6.45, 7) is -0.101. The number of benzene rings is 2. The van der Waals surface area contributed by atoms with E-state index in [0.29, 0.717) is 12.5 Å². The molecule has 0 aliphatic rings.